The molecule has 5 heteroatoms. The van der Waals surface area contributed by atoms with Crippen LogP contribution in [0.4, 0.5) is 0 Å². The SMILES string of the molecule is O=Cc1nc(=O)[nH]c2c1CCOCC2. The van der Waals surface area contributed by atoms with Crippen LogP contribution >= 0.6 is 0 Å². The van der Waals surface area contributed by atoms with Gasteiger partial charge in [0.2, 0.25) is 0 Å². The van der Waals surface area contributed by atoms with E-state index >= 15 is 0 Å². The Balaban J connectivity index is 2.57. The molecule has 1 aliphatic heterocycles. The first-order valence-electron chi connectivity index (χ1n) is 4.46. The number of nitrogens with one attached hydrogen (secondary N) is 1. The molecular formula is C9H10N2O3. The molecule has 0 radical (unpaired) electrons. The van der Waals surface area contributed by atoms with Gasteiger partial charge in [0.15, 0.2) is 6.29 Å². The molecule has 1 aliphatic rings. The predicted octanol–water partition coefficient (Wildman–Crippen LogP) is -0.302. The van der Waals surface area contributed by atoms with Crippen LogP contribution in [0.1, 0.15) is 21.7 Å². The summed E-state index contributed by atoms with van der Waals surface area (Å²) < 4.78 is 5.25. The maximum Gasteiger partial charge on any atom is 0.345 e. The molecule has 0 unspecified atom stereocenters. The van der Waals surface area contributed by atoms with Crippen molar-refractivity contribution in [1.29, 1.82) is 0 Å². The summed E-state index contributed by atoms with van der Waals surface area (Å²) in [5, 5.41) is 0. The van der Waals surface area contributed by atoms with Gasteiger partial charge in [-0.25, -0.2) is 4.79 Å². The van der Waals surface area contributed by atoms with Crippen LogP contribution in [0.3, 0.4) is 0 Å². The first-order chi connectivity index (χ1) is 6.81. The number of nitrogens with zero attached hydrogens (tertiary/aromatic N) is 1. The third-order valence-corrected chi connectivity index (χ3v) is 2.26. The molecule has 2 heterocycles. The van der Waals surface area contributed by atoms with Crippen molar-refractivity contribution in [3.63, 3.8) is 0 Å². The Hall–Kier alpha value is -1.49. The molecule has 0 spiro atoms. The van der Waals surface area contributed by atoms with Crippen LogP contribution in [-0.4, -0.2) is 29.5 Å². The van der Waals surface area contributed by atoms with Crippen molar-refractivity contribution in [2.45, 2.75) is 12.8 Å². The van der Waals surface area contributed by atoms with E-state index in [4.69, 9.17) is 4.74 Å². The van der Waals surface area contributed by atoms with Crippen LogP contribution in [0.25, 0.3) is 0 Å². The molecule has 0 fully saturated rings. The first-order valence-corrected chi connectivity index (χ1v) is 4.46. The van der Waals surface area contributed by atoms with E-state index < -0.39 is 5.69 Å². The molecule has 0 saturated heterocycles. The third kappa shape index (κ3) is 1.58. The van der Waals surface area contributed by atoms with E-state index in [2.05, 4.69) is 9.97 Å². The van der Waals surface area contributed by atoms with Gasteiger partial charge in [-0.1, -0.05) is 0 Å². The number of aromatic amines is 1. The number of aromatic nitrogens is 2. The van der Waals surface area contributed by atoms with Crippen molar-refractivity contribution in [2.75, 3.05) is 13.2 Å². The summed E-state index contributed by atoms with van der Waals surface area (Å²) in [4.78, 5) is 28.0. The van der Waals surface area contributed by atoms with Crippen molar-refractivity contribution in [1.82, 2.24) is 9.97 Å². The minimum absolute atomic E-state index is 0.245. The summed E-state index contributed by atoms with van der Waals surface area (Å²) in [7, 11) is 0. The molecule has 0 aliphatic carbocycles. The number of rotatable bonds is 1. The molecule has 0 bridgehead atoms. The molecular weight excluding hydrogens is 184 g/mol. The number of hydrogen-bond acceptors (Lipinski definition) is 4. The zero-order valence-corrected chi connectivity index (χ0v) is 7.58. The molecule has 14 heavy (non-hydrogen) atoms. The topological polar surface area (TPSA) is 72.0 Å². The van der Waals surface area contributed by atoms with Gasteiger partial charge in [0, 0.05) is 17.7 Å². The number of carbonyl (C=O) groups is 1. The third-order valence-electron chi connectivity index (χ3n) is 2.26. The van der Waals surface area contributed by atoms with Gasteiger partial charge in [-0.2, -0.15) is 4.98 Å². The molecule has 1 aromatic heterocycles. The molecule has 0 amide bonds. The number of fused-ring (bicyclic) bond motifs is 1. The fraction of sp³-hybridized carbons (Fsp3) is 0.444. The molecule has 5 nitrogen and oxygen atoms in total. The van der Waals surface area contributed by atoms with Gasteiger partial charge in [-0.05, 0) is 6.42 Å². The van der Waals surface area contributed by atoms with Gasteiger partial charge in [-0.3, -0.25) is 4.79 Å². The van der Waals surface area contributed by atoms with Crippen LogP contribution < -0.4 is 5.69 Å². The summed E-state index contributed by atoms with van der Waals surface area (Å²) in [6.45, 7) is 1.15. The Morgan fingerprint density at radius 1 is 1.36 bits per heavy atom. The number of H-pyrrole nitrogens is 1. The highest BCUT2D eigenvalue weighted by molar-refractivity contribution is 5.74. The lowest BCUT2D eigenvalue weighted by molar-refractivity contribution is 0.111. The fourth-order valence-electron chi connectivity index (χ4n) is 1.60. The molecule has 2 rings (SSSR count). The van der Waals surface area contributed by atoms with Crippen molar-refractivity contribution in [3.05, 3.63) is 27.4 Å². The van der Waals surface area contributed by atoms with Crippen molar-refractivity contribution in [2.24, 2.45) is 0 Å². The predicted molar refractivity (Wildman–Crippen MR) is 48.5 cm³/mol. The Kier molecular flexibility index (Phi) is 2.41. The second-order valence-corrected chi connectivity index (χ2v) is 3.11. The van der Waals surface area contributed by atoms with Gasteiger partial charge < -0.3 is 9.72 Å². The number of carbonyl (C=O) groups excluding carboxylic acids is 1. The molecule has 0 atom stereocenters. The van der Waals surface area contributed by atoms with E-state index in [-0.39, 0.29) is 5.69 Å². The summed E-state index contributed by atoms with van der Waals surface area (Å²) >= 11 is 0. The van der Waals surface area contributed by atoms with Gasteiger partial charge >= 0.3 is 5.69 Å². The monoisotopic (exact) mass is 194 g/mol. The molecule has 1 N–H and O–H groups in total. The Morgan fingerprint density at radius 2 is 2.14 bits per heavy atom. The van der Waals surface area contributed by atoms with Crippen LogP contribution in [-0.2, 0) is 17.6 Å². The quantitative estimate of drug-likeness (QED) is 0.623. The average molecular weight is 194 g/mol. The lowest BCUT2D eigenvalue weighted by atomic mass is 10.1. The normalized spacial score (nSPS) is 15.7. The highest BCUT2D eigenvalue weighted by atomic mass is 16.5. The van der Waals surface area contributed by atoms with Crippen molar-refractivity contribution >= 4 is 6.29 Å². The minimum atomic E-state index is -0.465. The second kappa shape index (κ2) is 3.71. The molecule has 1 aromatic rings. The molecule has 0 saturated carbocycles. The van der Waals surface area contributed by atoms with E-state index in [0.29, 0.717) is 32.3 Å². The van der Waals surface area contributed by atoms with E-state index in [1.807, 2.05) is 0 Å². The second-order valence-electron chi connectivity index (χ2n) is 3.11. The maximum absolute atomic E-state index is 11.1. The summed E-state index contributed by atoms with van der Waals surface area (Å²) in [5.74, 6) is 0. The zero-order valence-electron chi connectivity index (χ0n) is 7.58. The van der Waals surface area contributed by atoms with Gasteiger partial charge in [0.1, 0.15) is 5.69 Å². The largest absolute Gasteiger partial charge is 0.381 e. The van der Waals surface area contributed by atoms with E-state index in [1.54, 1.807) is 0 Å². The van der Waals surface area contributed by atoms with Gasteiger partial charge in [-0.15, -0.1) is 0 Å². The fourth-order valence-corrected chi connectivity index (χ4v) is 1.60. The first kappa shape index (κ1) is 9.08. The van der Waals surface area contributed by atoms with Crippen LogP contribution in [0.15, 0.2) is 4.79 Å². The number of aldehydes is 1. The van der Waals surface area contributed by atoms with Crippen molar-refractivity contribution < 1.29 is 9.53 Å². The highest BCUT2D eigenvalue weighted by Crippen LogP contribution is 2.12. The Labute approximate surface area is 80.1 Å². The van der Waals surface area contributed by atoms with Crippen molar-refractivity contribution in [3.8, 4) is 0 Å². The van der Waals surface area contributed by atoms with E-state index in [1.165, 1.54) is 0 Å². The average Bonchev–Trinajstić information content (AvgIpc) is 2.41. The molecule has 0 aromatic carbocycles. The number of hydrogen-bond donors (Lipinski definition) is 1. The summed E-state index contributed by atoms with van der Waals surface area (Å²) in [6, 6.07) is 0. The smallest absolute Gasteiger partial charge is 0.345 e. The minimum Gasteiger partial charge on any atom is -0.381 e. The zero-order chi connectivity index (χ0) is 9.97. The van der Waals surface area contributed by atoms with Crippen LogP contribution in [0.5, 0.6) is 0 Å². The lowest BCUT2D eigenvalue weighted by Crippen LogP contribution is -2.19. The Morgan fingerprint density at radius 3 is 2.93 bits per heavy atom. The van der Waals surface area contributed by atoms with E-state index in [0.717, 1.165) is 11.3 Å². The highest BCUT2D eigenvalue weighted by Gasteiger charge is 2.14. The Bertz CT molecular complexity index is 411. The van der Waals surface area contributed by atoms with Crippen LogP contribution in [0.2, 0.25) is 0 Å². The van der Waals surface area contributed by atoms with Gasteiger partial charge in [0.05, 0.1) is 13.2 Å². The summed E-state index contributed by atoms with van der Waals surface area (Å²) in [5.41, 5.74) is 1.38. The van der Waals surface area contributed by atoms with Gasteiger partial charge in [0.25, 0.3) is 0 Å². The van der Waals surface area contributed by atoms with E-state index in [9.17, 15) is 9.59 Å². The maximum atomic E-state index is 11.1. The number of ether oxygens (including phenoxy) is 1. The lowest BCUT2D eigenvalue weighted by Gasteiger charge is -2.04. The summed E-state index contributed by atoms with van der Waals surface area (Å²) in [6.07, 6.45) is 1.89. The van der Waals surface area contributed by atoms with Crippen LogP contribution in [0, 0.1) is 0 Å². The standard InChI is InChI=1S/C9H10N2O3/c12-5-8-6-1-3-14-4-2-7(6)10-9(13)11-8/h5H,1-4H2,(H,10,11,13). The molecule has 74 valence electrons.